The Labute approximate surface area is 183 Å². The first-order chi connectivity index (χ1) is 15.2. The fourth-order valence-corrected chi connectivity index (χ4v) is 3.93. The van der Waals surface area contributed by atoms with E-state index in [4.69, 9.17) is 0 Å². The molecule has 32 heavy (non-hydrogen) atoms. The average Bonchev–Trinajstić information content (AvgIpc) is 3.14. The molecule has 2 amide bonds. The molecule has 1 unspecified atom stereocenters. The normalized spacial score (nSPS) is 16.3. The van der Waals surface area contributed by atoms with Gasteiger partial charge >= 0.3 is 6.18 Å². The molecule has 2 aromatic carbocycles. The van der Waals surface area contributed by atoms with Gasteiger partial charge in [0.2, 0.25) is 17.0 Å². The maximum atomic E-state index is 13.9. The number of halogens is 4. The molecule has 0 spiro atoms. The largest absolute Gasteiger partial charge is 0.409 e. The molecule has 1 aliphatic rings. The van der Waals surface area contributed by atoms with Crippen molar-refractivity contribution in [3.63, 3.8) is 0 Å². The molecule has 0 radical (unpaired) electrons. The van der Waals surface area contributed by atoms with Crippen LogP contribution >= 0.6 is 11.8 Å². The number of nitrogens with zero attached hydrogens (tertiary/aromatic N) is 3. The minimum absolute atomic E-state index is 0.0479. The second-order valence-electron chi connectivity index (χ2n) is 6.83. The van der Waals surface area contributed by atoms with Gasteiger partial charge in [-0.15, -0.1) is 5.10 Å². The molecule has 2 N–H and O–H groups in total. The summed E-state index contributed by atoms with van der Waals surface area (Å²) in [5, 5.41) is 8.92. The van der Waals surface area contributed by atoms with Crippen LogP contribution in [-0.2, 0) is 9.59 Å². The Hall–Kier alpha value is -3.41. The molecule has 12 heteroatoms. The Bertz CT molecular complexity index is 1170. The number of aromatic amines is 1. The van der Waals surface area contributed by atoms with E-state index in [1.165, 1.54) is 36.4 Å². The average molecular weight is 465 g/mol. The van der Waals surface area contributed by atoms with Crippen LogP contribution in [0, 0.1) is 5.82 Å². The maximum absolute atomic E-state index is 13.9. The summed E-state index contributed by atoms with van der Waals surface area (Å²) in [6.07, 6.45) is -5.75. The third-order valence-electron chi connectivity index (χ3n) is 4.69. The topological polar surface area (TPSA) is 91.0 Å². The SMILES string of the molecule is O=C1CC(C(F)(F)F)N(C(=O)CSc2n[nH]c(-c3ccccc3F)n2)c2ccccc2N1. The van der Waals surface area contributed by atoms with E-state index in [9.17, 15) is 27.2 Å². The Morgan fingerprint density at radius 1 is 1.16 bits per heavy atom. The first kappa shape index (κ1) is 21.8. The molecule has 1 aromatic heterocycles. The second kappa shape index (κ2) is 8.61. The number of fused-ring (bicyclic) bond motifs is 1. The molecular formula is C20H15F4N5O2S. The lowest BCUT2D eigenvalue weighted by atomic mass is 10.1. The van der Waals surface area contributed by atoms with Gasteiger partial charge in [0.05, 0.1) is 29.1 Å². The number of hydrogen-bond donors (Lipinski definition) is 2. The molecule has 0 fully saturated rings. The predicted molar refractivity (Wildman–Crippen MR) is 110 cm³/mol. The number of H-pyrrole nitrogens is 1. The van der Waals surface area contributed by atoms with E-state index in [1.54, 1.807) is 12.1 Å². The van der Waals surface area contributed by atoms with Gasteiger partial charge in [0.15, 0.2) is 5.82 Å². The summed E-state index contributed by atoms with van der Waals surface area (Å²) in [7, 11) is 0. The number of thioether (sulfide) groups is 1. The van der Waals surface area contributed by atoms with Gasteiger partial charge in [0.25, 0.3) is 0 Å². The number of para-hydroxylation sites is 2. The Kier molecular flexibility index (Phi) is 5.87. The summed E-state index contributed by atoms with van der Waals surface area (Å²) in [6, 6.07) is 9.33. The van der Waals surface area contributed by atoms with Crippen molar-refractivity contribution in [2.75, 3.05) is 16.0 Å². The van der Waals surface area contributed by atoms with E-state index in [0.29, 0.717) is 4.90 Å². The minimum atomic E-state index is -4.82. The number of anilines is 2. The lowest BCUT2D eigenvalue weighted by Gasteiger charge is -2.31. The molecule has 166 valence electrons. The number of hydrogen-bond acceptors (Lipinski definition) is 5. The molecule has 1 atom stereocenters. The fraction of sp³-hybridized carbons (Fsp3) is 0.200. The quantitative estimate of drug-likeness (QED) is 0.449. The molecule has 0 saturated carbocycles. The molecule has 0 aliphatic carbocycles. The van der Waals surface area contributed by atoms with Gasteiger partial charge in [0, 0.05) is 0 Å². The van der Waals surface area contributed by atoms with E-state index >= 15 is 0 Å². The number of rotatable bonds is 4. The van der Waals surface area contributed by atoms with Crippen molar-refractivity contribution in [3.05, 3.63) is 54.3 Å². The molecule has 4 rings (SSSR count). The molecule has 0 saturated heterocycles. The predicted octanol–water partition coefficient (Wildman–Crippen LogP) is 4.01. The van der Waals surface area contributed by atoms with Crippen LogP contribution in [0.15, 0.2) is 53.7 Å². The smallest absolute Gasteiger partial charge is 0.324 e. The van der Waals surface area contributed by atoms with E-state index in [0.717, 1.165) is 11.8 Å². The lowest BCUT2D eigenvalue weighted by Crippen LogP contribution is -2.50. The first-order valence-corrected chi connectivity index (χ1v) is 10.3. The van der Waals surface area contributed by atoms with Gasteiger partial charge in [0.1, 0.15) is 11.9 Å². The van der Waals surface area contributed by atoms with Crippen LogP contribution in [0.25, 0.3) is 11.4 Å². The highest BCUT2D eigenvalue weighted by atomic mass is 32.2. The number of benzene rings is 2. The molecule has 1 aliphatic heterocycles. The van der Waals surface area contributed by atoms with Crippen molar-refractivity contribution >= 4 is 35.0 Å². The summed E-state index contributed by atoms with van der Waals surface area (Å²) in [6.45, 7) is 0. The van der Waals surface area contributed by atoms with Crippen LogP contribution in [0.2, 0.25) is 0 Å². The Morgan fingerprint density at radius 2 is 1.88 bits per heavy atom. The third kappa shape index (κ3) is 4.44. The number of carbonyl (C=O) groups excluding carboxylic acids is 2. The zero-order valence-electron chi connectivity index (χ0n) is 16.2. The fourth-order valence-electron chi connectivity index (χ4n) is 3.28. The highest BCUT2D eigenvalue weighted by Crippen LogP contribution is 2.38. The molecule has 7 nitrogen and oxygen atoms in total. The molecular weight excluding hydrogens is 450 g/mol. The van der Waals surface area contributed by atoms with Gasteiger partial charge in [-0.05, 0) is 24.3 Å². The van der Waals surface area contributed by atoms with Crippen molar-refractivity contribution in [1.82, 2.24) is 15.2 Å². The zero-order valence-corrected chi connectivity index (χ0v) is 17.0. The summed E-state index contributed by atoms with van der Waals surface area (Å²) >= 11 is 0.799. The number of aromatic nitrogens is 3. The van der Waals surface area contributed by atoms with Crippen LogP contribution < -0.4 is 10.2 Å². The van der Waals surface area contributed by atoms with Crippen LogP contribution in [0.5, 0.6) is 0 Å². The first-order valence-electron chi connectivity index (χ1n) is 9.32. The van der Waals surface area contributed by atoms with Crippen molar-refractivity contribution < 1.29 is 27.2 Å². The highest BCUT2D eigenvalue weighted by molar-refractivity contribution is 7.99. The van der Waals surface area contributed by atoms with Gasteiger partial charge in [-0.25, -0.2) is 9.37 Å². The van der Waals surface area contributed by atoms with Gasteiger partial charge < -0.3 is 5.32 Å². The van der Waals surface area contributed by atoms with Crippen molar-refractivity contribution in [3.8, 4) is 11.4 Å². The van der Waals surface area contributed by atoms with E-state index in [-0.39, 0.29) is 27.9 Å². The molecule has 2 heterocycles. The van der Waals surface area contributed by atoms with E-state index in [2.05, 4.69) is 20.5 Å². The second-order valence-corrected chi connectivity index (χ2v) is 7.77. The minimum Gasteiger partial charge on any atom is -0.324 e. The Balaban J connectivity index is 1.57. The lowest BCUT2D eigenvalue weighted by molar-refractivity contribution is -0.157. The monoisotopic (exact) mass is 465 g/mol. The zero-order chi connectivity index (χ0) is 22.9. The summed E-state index contributed by atoms with van der Waals surface area (Å²) in [5.41, 5.74) is 0.233. The summed E-state index contributed by atoms with van der Waals surface area (Å²) in [4.78, 5) is 29.6. The van der Waals surface area contributed by atoms with Crippen LogP contribution in [-0.4, -0.2) is 45.0 Å². The van der Waals surface area contributed by atoms with Crippen molar-refractivity contribution in [1.29, 1.82) is 0 Å². The van der Waals surface area contributed by atoms with Gasteiger partial charge in [-0.2, -0.15) is 13.2 Å². The molecule has 0 bridgehead atoms. The maximum Gasteiger partial charge on any atom is 0.409 e. The number of carbonyl (C=O) groups is 2. The van der Waals surface area contributed by atoms with Crippen LogP contribution in [0.4, 0.5) is 28.9 Å². The van der Waals surface area contributed by atoms with Crippen molar-refractivity contribution in [2.45, 2.75) is 23.8 Å². The number of alkyl halides is 3. The van der Waals surface area contributed by atoms with Crippen LogP contribution in [0.1, 0.15) is 6.42 Å². The van der Waals surface area contributed by atoms with Crippen LogP contribution in [0.3, 0.4) is 0 Å². The van der Waals surface area contributed by atoms with Gasteiger partial charge in [-0.1, -0.05) is 36.0 Å². The van der Waals surface area contributed by atoms with E-state index < -0.39 is 42.0 Å². The third-order valence-corrected chi connectivity index (χ3v) is 5.53. The van der Waals surface area contributed by atoms with Crippen molar-refractivity contribution in [2.24, 2.45) is 0 Å². The van der Waals surface area contributed by atoms with Gasteiger partial charge in [-0.3, -0.25) is 19.6 Å². The van der Waals surface area contributed by atoms with E-state index in [1.807, 2.05) is 0 Å². The number of amides is 2. The Morgan fingerprint density at radius 3 is 2.62 bits per heavy atom. The number of nitrogens with one attached hydrogen (secondary N) is 2. The summed E-state index contributed by atoms with van der Waals surface area (Å²) < 4.78 is 55.1. The summed E-state index contributed by atoms with van der Waals surface area (Å²) in [5.74, 6) is -2.54. The standard InChI is InChI=1S/C20H15F4N5O2S/c21-12-6-2-1-5-11(12)18-26-19(28-27-18)32-10-17(31)29-14-8-4-3-7-13(14)25-16(30)9-15(29)20(22,23)24/h1-8,15H,9-10H2,(H,25,30)(H,26,27,28). The molecule has 3 aromatic rings. The highest BCUT2D eigenvalue weighted by Gasteiger charge is 2.48.